The van der Waals surface area contributed by atoms with E-state index >= 15 is 0 Å². The van der Waals surface area contributed by atoms with Crippen LogP contribution in [0.1, 0.15) is 45.4 Å². The normalized spacial score (nSPS) is 20.1. The summed E-state index contributed by atoms with van der Waals surface area (Å²) in [5.41, 5.74) is 0. The summed E-state index contributed by atoms with van der Waals surface area (Å²) < 4.78 is 1.99. The van der Waals surface area contributed by atoms with Crippen LogP contribution in [0.15, 0.2) is 18.5 Å². The molecular formula is C14H25N3. The summed E-state index contributed by atoms with van der Waals surface area (Å²) in [7, 11) is 0. The van der Waals surface area contributed by atoms with E-state index in [0.29, 0.717) is 6.04 Å². The lowest BCUT2D eigenvalue weighted by atomic mass is 9.93. The van der Waals surface area contributed by atoms with E-state index in [1.165, 1.54) is 38.5 Å². The van der Waals surface area contributed by atoms with Crippen LogP contribution in [0.3, 0.4) is 0 Å². The van der Waals surface area contributed by atoms with Gasteiger partial charge in [0.15, 0.2) is 0 Å². The Bertz CT molecular complexity index is 286. The zero-order valence-electron chi connectivity index (χ0n) is 10.9. The zero-order chi connectivity index (χ0) is 11.9. The van der Waals surface area contributed by atoms with Gasteiger partial charge in [0.2, 0.25) is 0 Å². The number of rotatable bonds is 5. The SMILES string of the molecule is C[C@@H](NCCn1cccn1)C1CCCCCC1. The van der Waals surface area contributed by atoms with Gasteiger partial charge in [0, 0.05) is 25.0 Å². The van der Waals surface area contributed by atoms with Gasteiger partial charge in [0.25, 0.3) is 0 Å². The molecule has 96 valence electrons. The molecule has 0 aromatic carbocycles. The van der Waals surface area contributed by atoms with E-state index in [1.54, 1.807) is 0 Å². The van der Waals surface area contributed by atoms with Crippen molar-refractivity contribution in [3.05, 3.63) is 18.5 Å². The van der Waals surface area contributed by atoms with E-state index in [9.17, 15) is 0 Å². The fourth-order valence-corrected chi connectivity index (χ4v) is 2.82. The topological polar surface area (TPSA) is 29.9 Å². The first-order chi connectivity index (χ1) is 8.36. The molecule has 0 saturated heterocycles. The number of aromatic nitrogens is 2. The molecule has 2 rings (SSSR count). The van der Waals surface area contributed by atoms with Gasteiger partial charge in [0.1, 0.15) is 0 Å². The first kappa shape index (κ1) is 12.6. The van der Waals surface area contributed by atoms with Crippen molar-refractivity contribution < 1.29 is 0 Å². The number of nitrogens with one attached hydrogen (secondary N) is 1. The molecule has 1 saturated carbocycles. The predicted molar refractivity (Wildman–Crippen MR) is 70.9 cm³/mol. The lowest BCUT2D eigenvalue weighted by Crippen LogP contribution is -2.35. The van der Waals surface area contributed by atoms with Gasteiger partial charge in [-0.3, -0.25) is 4.68 Å². The highest BCUT2D eigenvalue weighted by Crippen LogP contribution is 2.25. The summed E-state index contributed by atoms with van der Waals surface area (Å²) in [4.78, 5) is 0. The summed E-state index contributed by atoms with van der Waals surface area (Å²) in [6.45, 7) is 4.35. The molecule has 1 aromatic rings. The minimum Gasteiger partial charge on any atom is -0.312 e. The van der Waals surface area contributed by atoms with Crippen LogP contribution in [-0.4, -0.2) is 22.4 Å². The molecular weight excluding hydrogens is 210 g/mol. The Labute approximate surface area is 105 Å². The third-order valence-corrected chi connectivity index (χ3v) is 3.97. The largest absolute Gasteiger partial charge is 0.312 e. The molecule has 1 N–H and O–H groups in total. The summed E-state index contributed by atoms with van der Waals surface area (Å²) >= 11 is 0. The van der Waals surface area contributed by atoms with Gasteiger partial charge in [-0.05, 0) is 31.7 Å². The quantitative estimate of drug-likeness (QED) is 0.795. The molecule has 0 spiro atoms. The van der Waals surface area contributed by atoms with Crippen molar-refractivity contribution in [3.63, 3.8) is 0 Å². The Balaban J connectivity index is 1.67. The van der Waals surface area contributed by atoms with Crippen molar-refractivity contribution in [3.8, 4) is 0 Å². The summed E-state index contributed by atoms with van der Waals surface area (Å²) in [6.07, 6.45) is 12.4. The second-order valence-corrected chi connectivity index (χ2v) is 5.26. The van der Waals surface area contributed by atoms with Crippen LogP contribution >= 0.6 is 0 Å². The Morgan fingerprint density at radius 3 is 2.71 bits per heavy atom. The average Bonchev–Trinajstić information content (AvgIpc) is 2.69. The van der Waals surface area contributed by atoms with Crippen molar-refractivity contribution in [1.29, 1.82) is 0 Å². The molecule has 1 aliphatic carbocycles. The summed E-state index contributed by atoms with van der Waals surface area (Å²) in [5.74, 6) is 0.884. The van der Waals surface area contributed by atoms with E-state index < -0.39 is 0 Å². The van der Waals surface area contributed by atoms with Crippen LogP contribution in [-0.2, 0) is 6.54 Å². The van der Waals surface area contributed by atoms with Crippen molar-refractivity contribution in [2.24, 2.45) is 5.92 Å². The van der Waals surface area contributed by atoms with E-state index in [2.05, 4.69) is 17.3 Å². The maximum absolute atomic E-state index is 4.22. The Morgan fingerprint density at radius 1 is 1.29 bits per heavy atom. The van der Waals surface area contributed by atoms with Gasteiger partial charge in [-0.15, -0.1) is 0 Å². The fourth-order valence-electron chi connectivity index (χ4n) is 2.82. The highest BCUT2D eigenvalue weighted by atomic mass is 15.3. The number of hydrogen-bond acceptors (Lipinski definition) is 2. The third kappa shape index (κ3) is 4.15. The van der Waals surface area contributed by atoms with E-state index in [4.69, 9.17) is 0 Å². The lowest BCUT2D eigenvalue weighted by molar-refractivity contribution is 0.332. The van der Waals surface area contributed by atoms with Gasteiger partial charge in [-0.2, -0.15) is 5.10 Å². The van der Waals surface area contributed by atoms with E-state index in [0.717, 1.165) is 19.0 Å². The minimum absolute atomic E-state index is 0.656. The van der Waals surface area contributed by atoms with Gasteiger partial charge >= 0.3 is 0 Å². The molecule has 1 aliphatic rings. The smallest absolute Gasteiger partial charge is 0.0534 e. The second-order valence-electron chi connectivity index (χ2n) is 5.26. The van der Waals surface area contributed by atoms with Gasteiger partial charge < -0.3 is 5.32 Å². The number of nitrogens with zero attached hydrogens (tertiary/aromatic N) is 2. The van der Waals surface area contributed by atoms with E-state index in [-0.39, 0.29) is 0 Å². The van der Waals surface area contributed by atoms with Gasteiger partial charge in [-0.25, -0.2) is 0 Å². The highest BCUT2D eigenvalue weighted by molar-refractivity contribution is 4.79. The summed E-state index contributed by atoms with van der Waals surface area (Å²) in [6, 6.07) is 2.64. The van der Waals surface area contributed by atoms with Crippen LogP contribution < -0.4 is 5.32 Å². The van der Waals surface area contributed by atoms with Crippen LogP contribution in [0, 0.1) is 5.92 Å². The van der Waals surface area contributed by atoms with Crippen molar-refractivity contribution in [2.45, 2.75) is 58.0 Å². The van der Waals surface area contributed by atoms with Crippen molar-refractivity contribution >= 4 is 0 Å². The molecule has 1 heterocycles. The molecule has 0 unspecified atom stereocenters. The van der Waals surface area contributed by atoms with Crippen LogP contribution in [0.25, 0.3) is 0 Å². The van der Waals surface area contributed by atoms with Crippen molar-refractivity contribution in [2.75, 3.05) is 6.54 Å². The molecule has 0 bridgehead atoms. The monoisotopic (exact) mass is 235 g/mol. The van der Waals surface area contributed by atoms with Crippen LogP contribution in [0.4, 0.5) is 0 Å². The zero-order valence-corrected chi connectivity index (χ0v) is 10.9. The third-order valence-electron chi connectivity index (χ3n) is 3.97. The first-order valence-electron chi connectivity index (χ1n) is 7.07. The highest BCUT2D eigenvalue weighted by Gasteiger charge is 2.18. The lowest BCUT2D eigenvalue weighted by Gasteiger charge is -2.23. The average molecular weight is 235 g/mol. The minimum atomic E-state index is 0.656. The molecule has 17 heavy (non-hydrogen) atoms. The number of hydrogen-bond donors (Lipinski definition) is 1. The fraction of sp³-hybridized carbons (Fsp3) is 0.786. The predicted octanol–water partition coefficient (Wildman–Crippen LogP) is 2.83. The first-order valence-corrected chi connectivity index (χ1v) is 7.07. The molecule has 0 radical (unpaired) electrons. The Kier molecular flexibility index (Phi) is 5.05. The van der Waals surface area contributed by atoms with Gasteiger partial charge in [0.05, 0.1) is 6.54 Å². The van der Waals surface area contributed by atoms with Crippen LogP contribution in [0.2, 0.25) is 0 Å². The molecule has 3 heteroatoms. The second kappa shape index (κ2) is 6.80. The standard InChI is InChI=1S/C14H25N3/c1-13(14-7-4-2-3-5-8-14)15-10-12-17-11-6-9-16-17/h6,9,11,13-15H,2-5,7-8,10,12H2,1H3/t13-/m1/s1. The Morgan fingerprint density at radius 2 is 2.06 bits per heavy atom. The maximum atomic E-state index is 4.22. The molecule has 1 fully saturated rings. The molecule has 1 aromatic heterocycles. The Hall–Kier alpha value is -0.830. The molecule has 0 amide bonds. The maximum Gasteiger partial charge on any atom is 0.0534 e. The van der Waals surface area contributed by atoms with Crippen molar-refractivity contribution in [1.82, 2.24) is 15.1 Å². The van der Waals surface area contributed by atoms with Gasteiger partial charge in [-0.1, -0.05) is 25.7 Å². The summed E-state index contributed by atoms with van der Waals surface area (Å²) in [5, 5.41) is 7.87. The molecule has 3 nitrogen and oxygen atoms in total. The molecule has 1 atom stereocenters. The molecule has 0 aliphatic heterocycles. The van der Waals surface area contributed by atoms with E-state index in [1.807, 2.05) is 23.1 Å². The van der Waals surface area contributed by atoms with Crippen LogP contribution in [0.5, 0.6) is 0 Å².